The minimum Gasteiger partial charge on any atom is -0.339 e. The molecule has 1 aliphatic carbocycles. The Kier molecular flexibility index (Phi) is 7.47. The third kappa shape index (κ3) is 5.68. The van der Waals surface area contributed by atoms with Crippen molar-refractivity contribution in [1.29, 1.82) is 0 Å². The van der Waals surface area contributed by atoms with Crippen LogP contribution in [0.2, 0.25) is 0 Å². The Labute approximate surface area is 213 Å². The third-order valence-electron chi connectivity index (χ3n) is 7.14. The standard InChI is InChI=1S/C29H35N5O2/c1-2-17-33(24-15-18-32(19-16-24)29(36)23-9-5-3-6-10-23)21-28(35)30-27-20-26(22-13-14-22)31-34(27)25-11-7-4-8-12-25/h3-12,20,22,24H,2,13-19,21H2,1H3,(H,30,35). The van der Waals surface area contributed by atoms with Crippen molar-refractivity contribution in [3.8, 4) is 5.69 Å². The fourth-order valence-electron chi connectivity index (χ4n) is 5.08. The Morgan fingerprint density at radius 2 is 1.64 bits per heavy atom. The van der Waals surface area contributed by atoms with Gasteiger partial charge in [-0.15, -0.1) is 0 Å². The van der Waals surface area contributed by atoms with Crippen molar-refractivity contribution in [1.82, 2.24) is 19.6 Å². The highest BCUT2D eigenvalue weighted by molar-refractivity contribution is 5.94. The molecule has 36 heavy (non-hydrogen) atoms. The minimum absolute atomic E-state index is 0.0225. The number of aromatic nitrogens is 2. The van der Waals surface area contributed by atoms with E-state index >= 15 is 0 Å². The molecule has 2 heterocycles. The normalized spacial score (nSPS) is 16.3. The van der Waals surface area contributed by atoms with Crippen LogP contribution in [0.3, 0.4) is 0 Å². The molecule has 0 radical (unpaired) electrons. The summed E-state index contributed by atoms with van der Waals surface area (Å²) in [7, 11) is 0. The number of hydrogen-bond acceptors (Lipinski definition) is 4. The molecule has 2 fully saturated rings. The van der Waals surface area contributed by atoms with Crippen molar-refractivity contribution >= 4 is 17.6 Å². The van der Waals surface area contributed by atoms with Gasteiger partial charge in [0.2, 0.25) is 5.91 Å². The van der Waals surface area contributed by atoms with Crippen molar-refractivity contribution in [2.75, 3.05) is 31.5 Å². The molecule has 1 N–H and O–H groups in total. The first-order valence-corrected chi connectivity index (χ1v) is 13.2. The second-order valence-corrected chi connectivity index (χ2v) is 9.88. The van der Waals surface area contributed by atoms with Crippen molar-refractivity contribution < 1.29 is 9.59 Å². The van der Waals surface area contributed by atoms with Crippen molar-refractivity contribution in [2.24, 2.45) is 0 Å². The number of piperidine rings is 1. The summed E-state index contributed by atoms with van der Waals surface area (Å²) in [5.41, 5.74) is 2.73. The van der Waals surface area contributed by atoms with Crippen LogP contribution >= 0.6 is 0 Å². The smallest absolute Gasteiger partial charge is 0.253 e. The van der Waals surface area contributed by atoms with E-state index in [0.717, 1.165) is 61.4 Å². The maximum atomic E-state index is 13.2. The number of nitrogens with one attached hydrogen (secondary N) is 1. The van der Waals surface area contributed by atoms with Gasteiger partial charge in [0, 0.05) is 36.7 Å². The summed E-state index contributed by atoms with van der Waals surface area (Å²) in [5, 5.41) is 7.95. The number of nitrogens with zero attached hydrogens (tertiary/aromatic N) is 4. The van der Waals surface area contributed by atoms with E-state index in [1.54, 1.807) is 0 Å². The van der Waals surface area contributed by atoms with E-state index in [4.69, 9.17) is 5.10 Å². The number of hydrogen-bond donors (Lipinski definition) is 1. The lowest BCUT2D eigenvalue weighted by molar-refractivity contribution is -0.118. The SMILES string of the molecule is CCCN(CC(=O)Nc1cc(C2CC2)nn1-c1ccccc1)C1CCN(C(=O)c2ccccc2)CC1. The van der Waals surface area contributed by atoms with Gasteiger partial charge in [-0.05, 0) is 62.9 Å². The minimum atomic E-state index is -0.0225. The Morgan fingerprint density at radius 3 is 2.28 bits per heavy atom. The van der Waals surface area contributed by atoms with Crippen LogP contribution in [-0.2, 0) is 4.79 Å². The number of likely N-dealkylation sites (tertiary alicyclic amines) is 1. The fraction of sp³-hybridized carbons (Fsp3) is 0.414. The Bertz CT molecular complexity index is 1160. The van der Waals surface area contributed by atoms with Gasteiger partial charge in [-0.25, -0.2) is 4.68 Å². The number of para-hydroxylation sites is 1. The van der Waals surface area contributed by atoms with Crippen LogP contribution in [-0.4, -0.2) is 63.6 Å². The van der Waals surface area contributed by atoms with E-state index in [2.05, 4.69) is 17.1 Å². The van der Waals surface area contributed by atoms with E-state index in [9.17, 15) is 9.59 Å². The van der Waals surface area contributed by atoms with Crippen LogP contribution in [0.15, 0.2) is 66.7 Å². The topological polar surface area (TPSA) is 70.5 Å². The average molecular weight is 486 g/mol. The first kappa shape index (κ1) is 24.3. The summed E-state index contributed by atoms with van der Waals surface area (Å²) in [6.07, 6.45) is 5.05. The molecule has 2 aliphatic rings. The molecule has 2 amide bonds. The maximum Gasteiger partial charge on any atom is 0.253 e. The largest absolute Gasteiger partial charge is 0.339 e. The quantitative estimate of drug-likeness (QED) is 0.477. The molecule has 0 spiro atoms. The Hall–Kier alpha value is -3.45. The maximum absolute atomic E-state index is 13.2. The predicted molar refractivity (Wildman–Crippen MR) is 141 cm³/mol. The number of carbonyl (C=O) groups excluding carboxylic acids is 2. The highest BCUT2D eigenvalue weighted by atomic mass is 16.2. The molecule has 2 aromatic carbocycles. The van der Waals surface area contributed by atoms with Gasteiger partial charge >= 0.3 is 0 Å². The highest BCUT2D eigenvalue weighted by Gasteiger charge is 2.30. The van der Waals surface area contributed by atoms with Crippen molar-refractivity contribution in [3.05, 3.63) is 78.0 Å². The lowest BCUT2D eigenvalue weighted by Crippen LogP contribution is -2.49. The summed E-state index contributed by atoms with van der Waals surface area (Å²) in [4.78, 5) is 30.3. The molecule has 7 heteroatoms. The molecule has 5 rings (SSSR count). The Balaban J connectivity index is 1.22. The van der Waals surface area contributed by atoms with Crippen LogP contribution in [0.25, 0.3) is 5.69 Å². The zero-order chi connectivity index (χ0) is 24.9. The lowest BCUT2D eigenvalue weighted by Gasteiger charge is -2.38. The predicted octanol–water partition coefficient (Wildman–Crippen LogP) is 4.71. The molecular formula is C29H35N5O2. The molecule has 7 nitrogen and oxygen atoms in total. The second-order valence-electron chi connectivity index (χ2n) is 9.88. The summed E-state index contributed by atoms with van der Waals surface area (Å²) in [6, 6.07) is 21.8. The summed E-state index contributed by atoms with van der Waals surface area (Å²) < 4.78 is 1.85. The summed E-state index contributed by atoms with van der Waals surface area (Å²) in [5.74, 6) is 1.30. The highest BCUT2D eigenvalue weighted by Crippen LogP contribution is 2.40. The molecule has 3 aromatic rings. The molecule has 1 aromatic heterocycles. The molecule has 1 saturated heterocycles. The monoisotopic (exact) mass is 485 g/mol. The van der Waals surface area contributed by atoms with Crippen molar-refractivity contribution in [3.63, 3.8) is 0 Å². The van der Waals surface area contributed by atoms with E-state index < -0.39 is 0 Å². The first-order valence-electron chi connectivity index (χ1n) is 13.2. The van der Waals surface area contributed by atoms with Crippen LogP contribution in [0.4, 0.5) is 5.82 Å². The van der Waals surface area contributed by atoms with Gasteiger partial charge in [0.25, 0.3) is 5.91 Å². The fourth-order valence-corrected chi connectivity index (χ4v) is 5.08. The molecule has 1 aliphatic heterocycles. The number of amides is 2. The molecular weight excluding hydrogens is 450 g/mol. The zero-order valence-corrected chi connectivity index (χ0v) is 21.0. The van der Waals surface area contributed by atoms with Gasteiger partial charge in [-0.2, -0.15) is 5.10 Å². The van der Waals surface area contributed by atoms with E-state index in [1.165, 1.54) is 0 Å². The van der Waals surface area contributed by atoms with Crippen LogP contribution in [0, 0.1) is 0 Å². The van der Waals surface area contributed by atoms with Crippen LogP contribution in [0.1, 0.15) is 61.0 Å². The molecule has 0 bridgehead atoms. The molecule has 1 saturated carbocycles. The van der Waals surface area contributed by atoms with Crippen LogP contribution in [0.5, 0.6) is 0 Å². The number of carbonyl (C=O) groups is 2. The third-order valence-corrected chi connectivity index (χ3v) is 7.14. The molecule has 188 valence electrons. The van der Waals surface area contributed by atoms with Crippen molar-refractivity contribution in [2.45, 2.75) is 51.0 Å². The van der Waals surface area contributed by atoms with Gasteiger partial charge in [-0.1, -0.05) is 43.3 Å². The lowest BCUT2D eigenvalue weighted by atomic mass is 10.0. The number of rotatable bonds is 9. The molecule has 0 atom stereocenters. The van der Waals surface area contributed by atoms with E-state index in [0.29, 0.717) is 25.6 Å². The summed E-state index contributed by atoms with van der Waals surface area (Å²) >= 11 is 0. The zero-order valence-electron chi connectivity index (χ0n) is 21.0. The molecule has 0 unspecified atom stereocenters. The first-order chi connectivity index (χ1) is 17.6. The van der Waals surface area contributed by atoms with Gasteiger partial charge in [-0.3, -0.25) is 14.5 Å². The number of benzene rings is 2. The Morgan fingerprint density at radius 1 is 0.972 bits per heavy atom. The second kappa shape index (κ2) is 11.1. The van der Waals surface area contributed by atoms with Crippen LogP contribution < -0.4 is 5.32 Å². The van der Waals surface area contributed by atoms with Gasteiger partial charge in [0.05, 0.1) is 17.9 Å². The summed E-state index contributed by atoms with van der Waals surface area (Å²) in [6.45, 7) is 4.77. The average Bonchev–Trinajstić information content (AvgIpc) is 3.69. The van der Waals surface area contributed by atoms with Gasteiger partial charge in [0.15, 0.2) is 0 Å². The van der Waals surface area contributed by atoms with E-state index in [1.807, 2.05) is 76.3 Å². The van der Waals surface area contributed by atoms with E-state index in [-0.39, 0.29) is 17.9 Å². The number of anilines is 1. The van der Waals surface area contributed by atoms with Gasteiger partial charge < -0.3 is 10.2 Å². The van der Waals surface area contributed by atoms with Gasteiger partial charge in [0.1, 0.15) is 5.82 Å².